The maximum absolute atomic E-state index is 12.6. The Labute approximate surface area is 126 Å². The summed E-state index contributed by atoms with van der Waals surface area (Å²) in [6, 6.07) is 6.49. The molecule has 6 heteroatoms. The van der Waals surface area contributed by atoms with Crippen LogP contribution in [0.25, 0.3) is 0 Å². The van der Waals surface area contributed by atoms with Crippen LogP contribution in [0.1, 0.15) is 16.1 Å². The molecule has 0 bridgehead atoms. The number of nitrogens with zero attached hydrogens (tertiary/aromatic N) is 1. The lowest BCUT2D eigenvalue weighted by Crippen LogP contribution is -2.09. The summed E-state index contributed by atoms with van der Waals surface area (Å²) in [4.78, 5) is 16.6. The first kappa shape index (κ1) is 14.6. The second-order valence-electron chi connectivity index (χ2n) is 3.83. The van der Waals surface area contributed by atoms with Gasteiger partial charge in [0.2, 0.25) is 5.78 Å². The third-order valence-electron chi connectivity index (χ3n) is 2.67. The number of methoxy groups -OCH3 is 2. The highest BCUT2D eigenvalue weighted by atomic mass is 35.5. The molecule has 1 aromatic carbocycles. The normalized spacial score (nSPS) is 10.2. The number of ether oxygens (including phenoxy) is 2. The average Bonchev–Trinajstić information content (AvgIpc) is 2.46. The van der Waals surface area contributed by atoms with E-state index < -0.39 is 0 Å². The van der Waals surface area contributed by atoms with Gasteiger partial charge >= 0.3 is 0 Å². The molecule has 0 spiro atoms. The lowest BCUT2D eigenvalue weighted by molar-refractivity contribution is 0.102. The Balaban J connectivity index is 2.69. The van der Waals surface area contributed by atoms with E-state index in [1.54, 1.807) is 18.2 Å². The highest BCUT2D eigenvalue weighted by Crippen LogP contribution is 2.41. The van der Waals surface area contributed by atoms with Gasteiger partial charge in [-0.3, -0.25) is 9.78 Å². The van der Waals surface area contributed by atoms with Crippen molar-refractivity contribution >= 4 is 29.0 Å². The molecule has 0 unspecified atom stereocenters. The van der Waals surface area contributed by atoms with E-state index in [9.17, 15) is 4.79 Å². The van der Waals surface area contributed by atoms with Crippen LogP contribution in [0.5, 0.6) is 11.5 Å². The van der Waals surface area contributed by atoms with Crippen molar-refractivity contribution in [1.29, 1.82) is 0 Å². The Hall–Kier alpha value is -1.78. The molecule has 104 valence electrons. The van der Waals surface area contributed by atoms with Crippen LogP contribution in [0.15, 0.2) is 30.5 Å². The zero-order valence-corrected chi connectivity index (χ0v) is 12.3. The van der Waals surface area contributed by atoms with Crippen LogP contribution >= 0.6 is 23.2 Å². The minimum absolute atomic E-state index is 0.159. The first-order chi connectivity index (χ1) is 9.60. The van der Waals surface area contributed by atoms with Crippen molar-refractivity contribution in [3.8, 4) is 11.5 Å². The molecule has 0 aliphatic carbocycles. The number of benzene rings is 1. The monoisotopic (exact) mass is 311 g/mol. The number of ketones is 1. The lowest BCUT2D eigenvalue weighted by Gasteiger charge is -2.14. The van der Waals surface area contributed by atoms with Gasteiger partial charge in [-0.25, -0.2) is 0 Å². The van der Waals surface area contributed by atoms with E-state index in [-0.39, 0.29) is 38.6 Å². The fraction of sp³-hybridized carbons (Fsp3) is 0.143. The largest absolute Gasteiger partial charge is 0.494 e. The van der Waals surface area contributed by atoms with Crippen LogP contribution in [0, 0.1) is 0 Å². The quantitative estimate of drug-likeness (QED) is 0.809. The Morgan fingerprint density at radius 3 is 2.15 bits per heavy atom. The number of aromatic nitrogens is 1. The Kier molecular flexibility index (Phi) is 4.47. The number of hydrogen-bond acceptors (Lipinski definition) is 4. The van der Waals surface area contributed by atoms with Crippen molar-refractivity contribution in [2.75, 3.05) is 14.2 Å². The van der Waals surface area contributed by atoms with Crippen LogP contribution in [0.3, 0.4) is 0 Å². The Bertz CT molecular complexity index is 616. The number of hydrogen-bond donors (Lipinski definition) is 0. The number of rotatable bonds is 4. The highest BCUT2D eigenvalue weighted by Gasteiger charge is 2.25. The van der Waals surface area contributed by atoms with Gasteiger partial charge in [0, 0.05) is 6.20 Å². The second kappa shape index (κ2) is 6.11. The Morgan fingerprint density at radius 1 is 1.10 bits per heavy atom. The predicted molar refractivity (Wildman–Crippen MR) is 77.2 cm³/mol. The number of carbonyl (C=O) groups excluding carboxylic acids is 1. The zero-order chi connectivity index (χ0) is 14.7. The van der Waals surface area contributed by atoms with Crippen LogP contribution in [0.4, 0.5) is 0 Å². The van der Waals surface area contributed by atoms with Gasteiger partial charge in [0.25, 0.3) is 0 Å². The molecule has 0 atom stereocenters. The van der Waals surface area contributed by atoms with Crippen LogP contribution in [-0.4, -0.2) is 25.0 Å². The van der Waals surface area contributed by atoms with Crippen molar-refractivity contribution in [1.82, 2.24) is 4.98 Å². The summed E-state index contributed by atoms with van der Waals surface area (Å²) >= 11 is 12.1. The standard InChI is InChI=1S/C14H11Cl2NO3/c1-19-13-8(15)7-9(16)14(20-2)11(13)12(18)10-5-3-4-6-17-10/h3-7H,1-2H3. The molecule has 1 heterocycles. The second-order valence-corrected chi connectivity index (χ2v) is 4.64. The molecule has 1 aromatic heterocycles. The fourth-order valence-electron chi connectivity index (χ4n) is 1.81. The summed E-state index contributed by atoms with van der Waals surface area (Å²) in [5.74, 6) is 0.0517. The van der Waals surface area contributed by atoms with Gasteiger partial charge in [-0.1, -0.05) is 29.3 Å². The minimum atomic E-state index is -0.372. The van der Waals surface area contributed by atoms with Crippen LogP contribution in [0.2, 0.25) is 10.0 Å². The van der Waals surface area contributed by atoms with Gasteiger partial charge in [-0.15, -0.1) is 0 Å². The summed E-state index contributed by atoms with van der Waals surface area (Å²) in [5.41, 5.74) is 0.411. The summed E-state index contributed by atoms with van der Waals surface area (Å²) in [7, 11) is 2.84. The van der Waals surface area contributed by atoms with Gasteiger partial charge in [-0.2, -0.15) is 0 Å². The molecule has 0 radical (unpaired) electrons. The van der Waals surface area contributed by atoms with Crippen molar-refractivity contribution in [2.45, 2.75) is 0 Å². The molecular formula is C14H11Cl2NO3. The molecule has 0 saturated heterocycles. The number of carbonyl (C=O) groups is 1. The van der Waals surface area contributed by atoms with Gasteiger partial charge < -0.3 is 9.47 Å². The van der Waals surface area contributed by atoms with Crippen molar-refractivity contribution < 1.29 is 14.3 Å². The molecule has 0 N–H and O–H groups in total. The molecule has 4 nitrogen and oxygen atoms in total. The third-order valence-corrected chi connectivity index (χ3v) is 3.24. The summed E-state index contributed by atoms with van der Waals surface area (Å²) in [6.45, 7) is 0. The molecule has 20 heavy (non-hydrogen) atoms. The minimum Gasteiger partial charge on any atom is -0.494 e. The van der Waals surface area contributed by atoms with E-state index in [1.807, 2.05) is 0 Å². The molecule has 2 rings (SSSR count). The lowest BCUT2D eigenvalue weighted by atomic mass is 10.0. The molecule has 0 aliphatic heterocycles. The molecule has 0 fully saturated rings. The summed E-state index contributed by atoms with van der Waals surface area (Å²) in [5, 5.41) is 0.468. The molecule has 0 aliphatic rings. The highest BCUT2D eigenvalue weighted by molar-refractivity contribution is 6.38. The first-order valence-electron chi connectivity index (χ1n) is 5.65. The van der Waals surface area contributed by atoms with E-state index in [1.165, 1.54) is 26.5 Å². The Morgan fingerprint density at radius 2 is 1.70 bits per heavy atom. The molecular weight excluding hydrogens is 301 g/mol. The van der Waals surface area contributed by atoms with Gasteiger partial charge in [0.05, 0.1) is 24.3 Å². The predicted octanol–water partition coefficient (Wildman–Crippen LogP) is 3.64. The summed E-state index contributed by atoms with van der Waals surface area (Å²) in [6.07, 6.45) is 1.53. The van der Waals surface area contributed by atoms with Gasteiger partial charge in [-0.05, 0) is 18.2 Å². The molecule has 2 aromatic rings. The van der Waals surface area contributed by atoms with Crippen LogP contribution in [-0.2, 0) is 0 Å². The van der Waals surface area contributed by atoms with E-state index in [0.29, 0.717) is 0 Å². The molecule has 0 saturated carbocycles. The topological polar surface area (TPSA) is 48.4 Å². The van der Waals surface area contributed by atoms with E-state index in [0.717, 1.165) is 0 Å². The smallest absolute Gasteiger partial charge is 0.218 e. The van der Waals surface area contributed by atoms with Crippen molar-refractivity contribution in [3.63, 3.8) is 0 Å². The molecule has 0 amide bonds. The maximum Gasteiger partial charge on any atom is 0.218 e. The SMILES string of the molecule is COc1c(Cl)cc(Cl)c(OC)c1C(=O)c1ccccn1. The van der Waals surface area contributed by atoms with E-state index >= 15 is 0 Å². The third kappa shape index (κ3) is 2.57. The number of pyridine rings is 1. The zero-order valence-electron chi connectivity index (χ0n) is 10.8. The fourth-order valence-corrected chi connectivity index (χ4v) is 2.43. The average molecular weight is 312 g/mol. The maximum atomic E-state index is 12.6. The van der Waals surface area contributed by atoms with Crippen molar-refractivity contribution in [2.24, 2.45) is 0 Å². The van der Waals surface area contributed by atoms with Crippen LogP contribution < -0.4 is 9.47 Å². The van der Waals surface area contributed by atoms with E-state index in [2.05, 4.69) is 4.98 Å². The van der Waals surface area contributed by atoms with E-state index in [4.69, 9.17) is 32.7 Å². The number of halogens is 2. The van der Waals surface area contributed by atoms with Crippen molar-refractivity contribution in [3.05, 3.63) is 51.8 Å². The first-order valence-corrected chi connectivity index (χ1v) is 6.41. The van der Waals surface area contributed by atoms with Gasteiger partial charge in [0.1, 0.15) is 11.3 Å². The van der Waals surface area contributed by atoms with Gasteiger partial charge in [0.15, 0.2) is 11.5 Å². The summed E-state index contributed by atoms with van der Waals surface area (Å²) < 4.78 is 10.4.